The van der Waals surface area contributed by atoms with Crippen molar-refractivity contribution in [1.29, 1.82) is 0 Å². The molecule has 0 heterocycles. The molecular weight excluding hydrogens is 234 g/mol. The van der Waals surface area contributed by atoms with Crippen molar-refractivity contribution in [2.24, 2.45) is 5.92 Å². The maximum Gasteiger partial charge on any atom is 0.125 e. The van der Waals surface area contributed by atoms with Crippen molar-refractivity contribution in [1.82, 2.24) is 5.32 Å². The number of hydrogen-bond acceptors (Lipinski definition) is 2. The van der Waals surface area contributed by atoms with E-state index in [0.717, 1.165) is 18.8 Å². The Labute approximate surface area is 118 Å². The fourth-order valence-corrected chi connectivity index (χ4v) is 2.43. The lowest BCUT2D eigenvalue weighted by molar-refractivity contribution is 0.386. The zero-order valence-corrected chi connectivity index (χ0v) is 13.3. The lowest BCUT2D eigenvalue weighted by Crippen LogP contribution is -2.25. The molecule has 2 atom stereocenters. The van der Waals surface area contributed by atoms with Gasteiger partial charge in [-0.3, -0.25) is 0 Å². The maximum absolute atomic E-state index is 5.63. The Morgan fingerprint density at radius 2 is 1.89 bits per heavy atom. The molecule has 0 spiro atoms. The monoisotopic (exact) mass is 263 g/mol. The van der Waals surface area contributed by atoms with E-state index in [9.17, 15) is 0 Å². The molecule has 1 aromatic rings. The van der Waals surface area contributed by atoms with Crippen LogP contribution in [0.1, 0.15) is 49.8 Å². The molecule has 0 bridgehead atoms. The molecular formula is C17H29NO. The van der Waals surface area contributed by atoms with Gasteiger partial charge in [-0.2, -0.15) is 0 Å². The van der Waals surface area contributed by atoms with Crippen LogP contribution in [0.3, 0.4) is 0 Å². The average Bonchev–Trinajstić information content (AvgIpc) is 2.41. The van der Waals surface area contributed by atoms with E-state index < -0.39 is 0 Å². The molecule has 0 aliphatic carbocycles. The molecule has 0 saturated heterocycles. The summed E-state index contributed by atoms with van der Waals surface area (Å²) >= 11 is 0. The highest BCUT2D eigenvalue weighted by Crippen LogP contribution is 2.35. The van der Waals surface area contributed by atoms with Crippen molar-refractivity contribution in [3.63, 3.8) is 0 Å². The van der Waals surface area contributed by atoms with Gasteiger partial charge in [0.05, 0.1) is 7.11 Å². The number of ether oxygens (including phenoxy) is 1. The van der Waals surface area contributed by atoms with E-state index in [1.54, 1.807) is 7.11 Å². The van der Waals surface area contributed by atoms with Crippen LogP contribution in [-0.4, -0.2) is 20.2 Å². The summed E-state index contributed by atoms with van der Waals surface area (Å²) in [4.78, 5) is 0. The summed E-state index contributed by atoms with van der Waals surface area (Å²) in [5, 5.41) is 3.51. The standard InChI is InChI=1S/C17H29NO/c1-7-10-18-11-13(3)14(4)16-9-8-12(2)15(5)17(16)19-6/h8-9,13-14,18H,7,10-11H2,1-6H3. The molecule has 2 heteroatoms. The van der Waals surface area contributed by atoms with Gasteiger partial charge < -0.3 is 10.1 Å². The molecule has 2 nitrogen and oxygen atoms in total. The predicted molar refractivity (Wildman–Crippen MR) is 83.2 cm³/mol. The van der Waals surface area contributed by atoms with Crippen molar-refractivity contribution in [2.75, 3.05) is 20.2 Å². The van der Waals surface area contributed by atoms with Crippen LogP contribution in [0.15, 0.2) is 12.1 Å². The molecule has 0 radical (unpaired) electrons. The lowest BCUT2D eigenvalue weighted by atomic mass is 9.86. The van der Waals surface area contributed by atoms with Crippen LogP contribution >= 0.6 is 0 Å². The lowest BCUT2D eigenvalue weighted by Gasteiger charge is -2.24. The van der Waals surface area contributed by atoms with E-state index in [2.05, 4.69) is 52.1 Å². The Morgan fingerprint density at radius 3 is 2.47 bits per heavy atom. The number of nitrogens with one attached hydrogen (secondary N) is 1. The van der Waals surface area contributed by atoms with E-state index in [1.165, 1.54) is 23.1 Å². The second kappa shape index (κ2) is 7.54. The van der Waals surface area contributed by atoms with E-state index in [-0.39, 0.29) is 0 Å². The summed E-state index contributed by atoms with van der Waals surface area (Å²) in [6, 6.07) is 4.43. The van der Waals surface area contributed by atoms with Crippen LogP contribution in [0, 0.1) is 19.8 Å². The quantitative estimate of drug-likeness (QED) is 0.749. The highest BCUT2D eigenvalue weighted by Gasteiger charge is 2.19. The molecule has 0 saturated carbocycles. The first-order valence-electron chi connectivity index (χ1n) is 7.37. The van der Waals surface area contributed by atoms with E-state index in [4.69, 9.17) is 4.74 Å². The zero-order valence-electron chi connectivity index (χ0n) is 13.3. The summed E-state index contributed by atoms with van der Waals surface area (Å²) < 4.78 is 5.63. The van der Waals surface area contributed by atoms with Crippen LogP contribution in [0.4, 0.5) is 0 Å². The van der Waals surface area contributed by atoms with Crippen LogP contribution in [-0.2, 0) is 0 Å². The smallest absolute Gasteiger partial charge is 0.125 e. The number of rotatable bonds is 7. The molecule has 0 aliphatic heterocycles. The Kier molecular flexibility index (Phi) is 6.36. The summed E-state index contributed by atoms with van der Waals surface area (Å²) in [5.74, 6) is 2.16. The molecule has 2 unspecified atom stereocenters. The third-order valence-corrected chi connectivity index (χ3v) is 4.15. The fraction of sp³-hybridized carbons (Fsp3) is 0.647. The van der Waals surface area contributed by atoms with Gasteiger partial charge in [0.1, 0.15) is 5.75 Å². The van der Waals surface area contributed by atoms with Crippen LogP contribution in [0.25, 0.3) is 0 Å². The van der Waals surface area contributed by atoms with Gasteiger partial charge in [-0.15, -0.1) is 0 Å². The van der Waals surface area contributed by atoms with Gasteiger partial charge in [0.2, 0.25) is 0 Å². The largest absolute Gasteiger partial charge is 0.496 e. The van der Waals surface area contributed by atoms with Crippen molar-refractivity contribution in [3.05, 3.63) is 28.8 Å². The van der Waals surface area contributed by atoms with E-state index >= 15 is 0 Å². The highest BCUT2D eigenvalue weighted by atomic mass is 16.5. The Balaban J connectivity index is 2.86. The van der Waals surface area contributed by atoms with Gasteiger partial charge in [-0.05, 0) is 61.9 Å². The summed E-state index contributed by atoms with van der Waals surface area (Å²) in [6.07, 6.45) is 1.19. The third kappa shape index (κ3) is 3.97. The molecule has 0 aliphatic rings. The minimum atomic E-state index is 0.499. The number of benzene rings is 1. The molecule has 1 N–H and O–H groups in total. The van der Waals surface area contributed by atoms with E-state index in [0.29, 0.717) is 11.8 Å². The predicted octanol–water partition coefficient (Wildman–Crippen LogP) is 4.05. The van der Waals surface area contributed by atoms with Gasteiger partial charge >= 0.3 is 0 Å². The van der Waals surface area contributed by atoms with Gasteiger partial charge in [-0.25, -0.2) is 0 Å². The van der Waals surface area contributed by atoms with E-state index in [1.807, 2.05) is 0 Å². The first-order chi connectivity index (χ1) is 9.02. The van der Waals surface area contributed by atoms with Crippen molar-refractivity contribution in [2.45, 2.75) is 47.0 Å². The summed E-state index contributed by atoms with van der Waals surface area (Å²) in [6.45, 7) is 13.2. The molecule has 1 rings (SSSR count). The molecule has 0 fully saturated rings. The second-order valence-electron chi connectivity index (χ2n) is 5.60. The van der Waals surface area contributed by atoms with Crippen LogP contribution in [0.2, 0.25) is 0 Å². The summed E-state index contributed by atoms with van der Waals surface area (Å²) in [7, 11) is 1.78. The SMILES string of the molecule is CCCNCC(C)C(C)c1ccc(C)c(C)c1OC. The highest BCUT2D eigenvalue weighted by molar-refractivity contribution is 5.47. The van der Waals surface area contributed by atoms with Gasteiger partial charge in [0, 0.05) is 0 Å². The minimum absolute atomic E-state index is 0.499. The molecule has 0 amide bonds. The fourth-order valence-electron chi connectivity index (χ4n) is 2.43. The first kappa shape index (κ1) is 16.0. The Bertz CT molecular complexity index is 400. The Hall–Kier alpha value is -1.02. The second-order valence-corrected chi connectivity index (χ2v) is 5.60. The number of methoxy groups -OCH3 is 1. The molecule has 1 aromatic carbocycles. The van der Waals surface area contributed by atoms with Crippen molar-refractivity contribution < 1.29 is 4.74 Å². The summed E-state index contributed by atoms with van der Waals surface area (Å²) in [5.41, 5.74) is 3.89. The van der Waals surface area contributed by atoms with Gasteiger partial charge in [0.25, 0.3) is 0 Å². The first-order valence-corrected chi connectivity index (χ1v) is 7.37. The van der Waals surface area contributed by atoms with Gasteiger partial charge in [-0.1, -0.05) is 32.9 Å². The van der Waals surface area contributed by atoms with Crippen LogP contribution < -0.4 is 10.1 Å². The van der Waals surface area contributed by atoms with Crippen molar-refractivity contribution in [3.8, 4) is 5.75 Å². The average molecular weight is 263 g/mol. The minimum Gasteiger partial charge on any atom is -0.496 e. The van der Waals surface area contributed by atoms with Gasteiger partial charge in [0.15, 0.2) is 0 Å². The maximum atomic E-state index is 5.63. The third-order valence-electron chi connectivity index (χ3n) is 4.15. The topological polar surface area (TPSA) is 21.3 Å². The normalized spacial score (nSPS) is 14.2. The van der Waals surface area contributed by atoms with Crippen molar-refractivity contribution >= 4 is 0 Å². The molecule has 19 heavy (non-hydrogen) atoms. The van der Waals surface area contributed by atoms with Crippen LogP contribution in [0.5, 0.6) is 5.75 Å². The zero-order chi connectivity index (χ0) is 14.4. The molecule has 0 aromatic heterocycles. The number of aryl methyl sites for hydroxylation is 1. The number of hydrogen-bond donors (Lipinski definition) is 1. The Morgan fingerprint density at radius 1 is 1.21 bits per heavy atom. The molecule has 108 valence electrons.